The summed E-state index contributed by atoms with van der Waals surface area (Å²) in [5.74, 6) is 1.71. The minimum atomic E-state index is 0.555. The molecular formula is C93H60N6. The molecule has 4 heterocycles. The van der Waals surface area contributed by atoms with Crippen LogP contribution in [0.15, 0.2) is 364 Å². The fraction of sp³-hybridized carbons (Fsp3) is 0. The number of benzene rings is 15. The van der Waals surface area contributed by atoms with Gasteiger partial charge < -0.3 is 13.7 Å². The summed E-state index contributed by atoms with van der Waals surface area (Å²) in [5, 5.41) is 7.02. The van der Waals surface area contributed by atoms with Gasteiger partial charge in [0, 0.05) is 71.3 Å². The van der Waals surface area contributed by atoms with Crippen LogP contribution in [0.4, 0.5) is 0 Å². The van der Waals surface area contributed by atoms with E-state index < -0.39 is 0 Å². The lowest BCUT2D eigenvalue weighted by molar-refractivity contribution is 1.07. The maximum Gasteiger partial charge on any atom is 0.164 e. The second-order valence-electron chi connectivity index (χ2n) is 25.4. The van der Waals surface area contributed by atoms with E-state index in [0.29, 0.717) is 17.5 Å². The zero-order valence-electron chi connectivity index (χ0n) is 53.8. The number of aromatic nitrogens is 6. The summed E-state index contributed by atoms with van der Waals surface area (Å²) < 4.78 is 7.57. The molecule has 0 spiro atoms. The van der Waals surface area contributed by atoms with Crippen molar-refractivity contribution in [1.82, 2.24) is 28.7 Å². The second-order valence-corrected chi connectivity index (χ2v) is 25.4. The van der Waals surface area contributed by atoms with E-state index in [9.17, 15) is 0 Å². The number of para-hydroxylation sites is 4. The molecule has 0 N–H and O–H groups in total. The van der Waals surface area contributed by atoms with Gasteiger partial charge in [-0.1, -0.05) is 303 Å². The Morgan fingerprint density at radius 3 is 0.737 bits per heavy atom. The molecule has 15 aromatic carbocycles. The molecule has 0 bridgehead atoms. The monoisotopic (exact) mass is 1260 g/mol. The lowest BCUT2D eigenvalue weighted by Crippen LogP contribution is -2.05. The summed E-state index contributed by atoms with van der Waals surface area (Å²) in [5.41, 5.74) is 25.5. The summed E-state index contributed by atoms with van der Waals surface area (Å²) in [6, 6.07) is 132. The molecule has 6 nitrogen and oxygen atoms in total. The molecule has 462 valence electrons. The van der Waals surface area contributed by atoms with Crippen molar-refractivity contribution in [3.05, 3.63) is 364 Å². The first kappa shape index (κ1) is 57.2. The highest BCUT2D eigenvalue weighted by Crippen LogP contribution is 2.49. The third-order valence-corrected chi connectivity index (χ3v) is 19.7. The first-order valence-corrected chi connectivity index (χ1v) is 33.7. The molecule has 0 aliphatic rings. The van der Waals surface area contributed by atoms with Gasteiger partial charge in [0.05, 0.1) is 50.2 Å². The average Bonchev–Trinajstić information content (AvgIpc) is 1.56. The molecule has 0 aliphatic carbocycles. The Labute approximate surface area is 572 Å². The SMILES string of the molecule is c1ccc(-c2ccc(-c3nc(-c4ccc(-c5ccccc5)cc4)nc(-c4cc(-c5ccccc5)c(-n5c6cc(-n7c8ccccc8c8ccccc87)c(-c7ccccc7)cc6c6cc(-c7ccccc7)c(-n7c8ccccc8c8ccccc87)cc65)c(-c5ccccc5)c4)n3)cc2)cc1. The summed E-state index contributed by atoms with van der Waals surface area (Å²) in [7, 11) is 0. The molecule has 19 aromatic rings. The van der Waals surface area contributed by atoms with Crippen molar-refractivity contribution in [2.45, 2.75) is 0 Å². The molecule has 19 rings (SSSR count). The third kappa shape index (κ3) is 9.84. The van der Waals surface area contributed by atoms with Crippen molar-refractivity contribution in [3.63, 3.8) is 0 Å². The van der Waals surface area contributed by atoms with Gasteiger partial charge in [-0.2, -0.15) is 0 Å². The maximum atomic E-state index is 5.55. The highest BCUT2D eigenvalue weighted by atomic mass is 15.1. The van der Waals surface area contributed by atoms with E-state index in [2.05, 4.69) is 378 Å². The number of nitrogens with zero attached hydrogens (tertiary/aromatic N) is 6. The molecule has 99 heavy (non-hydrogen) atoms. The van der Waals surface area contributed by atoms with Gasteiger partial charge >= 0.3 is 0 Å². The topological polar surface area (TPSA) is 53.5 Å². The minimum Gasteiger partial charge on any atom is -0.309 e. The Bertz CT molecular complexity index is 5800. The van der Waals surface area contributed by atoms with Crippen molar-refractivity contribution in [3.8, 4) is 118 Å². The molecule has 0 radical (unpaired) electrons. The predicted octanol–water partition coefficient (Wildman–Crippen LogP) is 24.2. The van der Waals surface area contributed by atoms with Crippen molar-refractivity contribution >= 4 is 65.4 Å². The maximum absolute atomic E-state index is 5.55. The van der Waals surface area contributed by atoms with Crippen LogP contribution in [-0.2, 0) is 0 Å². The van der Waals surface area contributed by atoms with E-state index in [0.717, 1.165) is 144 Å². The van der Waals surface area contributed by atoms with Crippen molar-refractivity contribution < 1.29 is 0 Å². The Morgan fingerprint density at radius 1 is 0.162 bits per heavy atom. The van der Waals surface area contributed by atoms with Crippen LogP contribution in [-0.4, -0.2) is 28.7 Å². The lowest BCUT2D eigenvalue weighted by atomic mass is 9.92. The summed E-state index contributed by atoms with van der Waals surface area (Å²) in [6.07, 6.45) is 0. The van der Waals surface area contributed by atoms with Gasteiger partial charge in [0.25, 0.3) is 0 Å². The molecule has 0 fully saturated rings. The van der Waals surface area contributed by atoms with E-state index in [1.54, 1.807) is 0 Å². The quantitative estimate of drug-likeness (QED) is 0.122. The van der Waals surface area contributed by atoms with Crippen LogP contribution < -0.4 is 0 Å². The molecule has 6 heteroatoms. The summed E-state index contributed by atoms with van der Waals surface area (Å²) in [6.45, 7) is 0. The standard InChI is InChI=1S/C93H60N6/c1-7-27-61(28-8-1)63-47-51-69(52-48-63)91-94-92(70-53-49-64(50-54-70)62-29-9-2-10-30-62)96-93(95-91)71-55-78(67-35-15-5-16-36-67)90(79(56-71)68-37-17-6-18-38-68)99-88-59-86(97-82-43-23-19-39-72(82)73-40-20-24-44-83(73)97)76(65-31-11-3-12-32-65)57-80(88)81-58-77(66-33-13-4-14-34-66)87(60-89(81)99)98-84-45-25-21-41-74(84)75-42-22-26-46-85(75)98/h1-60H. The van der Waals surface area contributed by atoms with Crippen LogP contribution >= 0.6 is 0 Å². The third-order valence-electron chi connectivity index (χ3n) is 19.7. The molecule has 0 unspecified atom stereocenters. The Hall–Kier alpha value is -13.3. The first-order chi connectivity index (χ1) is 49.1. The minimum absolute atomic E-state index is 0.555. The van der Waals surface area contributed by atoms with Crippen LogP contribution in [0.1, 0.15) is 0 Å². The Balaban J connectivity index is 0.953. The van der Waals surface area contributed by atoms with Crippen molar-refractivity contribution in [1.29, 1.82) is 0 Å². The molecule has 4 aromatic heterocycles. The van der Waals surface area contributed by atoms with E-state index in [1.807, 2.05) is 0 Å². The van der Waals surface area contributed by atoms with Crippen LogP contribution in [0.3, 0.4) is 0 Å². The number of hydrogen-bond donors (Lipinski definition) is 0. The second kappa shape index (κ2) is 23.9. The van der Waals surface area contributed by atoms with Gasteiger partial charge in [0.15, 0.2) is 17.5 Å². The van der Waals surface area contributed by atoms with Gasteiger partial charge in [-0.25, -0.2) is 15.0 Å². The van der Waals surface area contributed by atoms with Gasteiger partial charge in [0.2, 0.25) is 0 Å². The summed E-state index contributed by atoms with van der Waals surface area (Å²) in [4.78, 5) is 16.5. The smallest absolute Gasteiger partial charge is 0.164 e. The van der Waals surface area contributed by atoms with E-state index in [4.69, 9.17) is 15.0 Å². The first-order valence-electron chi connectivity index (χ1n) is 33.7. The van der Waals surface area contributed by atoms with Gasteiger partial charge in [-0.3, -0.25) is 0 Å². The highest BCUT2D eigenvalue weighted by molar-refractivity contribution is 6.17. The predicted molar refractivity (Wildman–Crippen MR) is 412 cm³/mol. The van der Waals surface area contributed by atoms with Crippen molar-refractivity contribution in [2.24, 2.45) is 0 Å². The zero-order valence-corrected chi connectivity index (χ0v) is 53.8. The van der Waals surface area contributed by atoms with Crippen LogP contribution in [0.2, 0.25) is 0 Å². The van der Waals surface area contributed by atoms with E-state index in [1.165, 1.54) is 21.5 Å². The van der Waals surface area contributed by atoms with E-state index >= 15 is 0 Å². The Morgan fingerprint density at radius 2 is 0.414 bits per heavy atom. The van der Waals surface area contributed by atoms with Crippen LogP contribution in [0.25, 0.3) is 183 Å². The van der Waals surface area contributed by atoms with Gasteiger partial charge in [-0.05, 0) is 105 Å². The molecule has 0 aliphatic heterocycles. The Kier molecular flexibility index (Phi) is 13.8. The van der Waals surface area contributed by atoms with Crippen LogP contribution in [0.5, 0.6) is 0 Å². The summed E-state index contributed by atoms with van der Waals surface area (Å²) >= 11 is 0. The highest BCUT2D eigenvalue weighted by Gasteiger charge is 2.28. The van der Waals surface area contributed by atoms with Crippen molar-refractivity contribution in [2.75, 3.05) is 0 Å². The normalized spacial score (nSPS) is 11.6. The molecule has 0 saturated heterocycles. The fourth-order valence-electron chi connectivity index (χ4n) is 15.1. The molecular weight excluding hydrogens is 1200 g/mol. The largest absolute Gasteiger partial charge is 0.309 e. The molecule has 0 saturated carbocycles. The van der Waals surface area contributed by atoms with E-state index in [-0.39, 0.29) is 0 Å². The molecule has 0 atom stereocenters. The van der Waals surface area contributed by atoms with Crippen LogP contribution in [0, 0.1) is 0 Å². The number of rotatable bonds is 12. The zero-order chi connectivity index (χ0) is 65.3. The number of hydrogen-bond acceptors (Lipinski definition) is 3. The molecule has 0 amide bonds. The fourth-order valence-corrected chi connectivity index (χ4v) is 15.1. The van der Waals surface area contributed by atoms with Gasteiger partial charge in [0.1, 0.15) is 0 Å². The number of fused-ring (bicyclic) bond motifs is 9. The lowest BCUT2D eigenvalue weighted by Gasteiger charge is -2.22. The average molecular weight is 1260 g/mol. The van der Waals surface area contributed by atoms with Gasteiger partial charge in [-0.15, -0.1) is 0 Å².